The molecule has 6 heteroatoms. The van der Waals surface area contributed by atoms with Gasteiger partial charge in [-0.3, -0.25) is 4.79 Å². The molecule has 1 saturated heterocycles. The van der Waals surface area contributed by atoms with E-state index in [1.807, 2.05) is 30.1 Å². The molecule has 24 heavy (non-hydrogen) atoms. The van der Waals surface area contributed by atoms with Crippen LogP contribution >= 0.6 is 0 Å². The summed E-state index contributed by atoms with van der Waals surface area (Å²) in [5, 5.41) is 2.88. The van der Waals surface area contributed by atoms with Crippen molar-refractivity contribution < 1.29 is 9.53 Å². The Kier molecular flexibility index (Phi) is 5.38. The average molecular weight is 326 g/mol. The molecule has 1 atom stereocenters. The van der Waals surface area contributed by atoms with Gasteiger partial charge in [0.15, 0.2) is 0 Å². The van der Waals surface area contributed by atoms with Gasteiger partial charge in [0.2, 0.25) is 0 Å². The van der Waals surface area contributed by atoms with Gasteiger partial charge in [-0.25, -0.2) is 9.97 Å². The van der Waals surface area contributed by atoms with Gasteiger partial charge in [0.1, 0.15) is 17.8 Å². The maximum atomic E-state index is 12.3. The van der Waals surface area contributed by atoms with Crippen LogP contribution in [0.15, 0.2) is 42.7 Å². The van der Waals surface area contributed by atoms with Crippen LogP contribution in [0.3, 0.4) is 0 Å². The Morgan fingerprint density at radius 1 is 1.33 bits per heavy atom. The molecule has 3 rings (SSSR count). The molecule has 1 aromatic heterocycles. The number of carbonyl (C=O) groups excluding carboxylic acids is 1. The number of carbonyl (C=O) groups is 1. The minimum absolute atomic E-state index is 0.121. The Balaban J connectivity index is 1.61. The van der Waals surface area contributed by atoms with E-state index in [1.54, 1.807) is 6.07 Å². The Hall–Kier alpha value is -2.47. The summed E-state index contributed by atoms with van der Waals surface area (Å²) in [6.07, 6.45) is 3.60. The van der Waals surface area contributed by atoms with E-state index in [1.165, 1.54) is 11.9 Å². The minimum Gasteiger partial charge on any atom is -0.376 e. The predicted molar refractivity (Wildman–Crippen MR) is 91.9 cm³/mol. The molecule has 0 bridgehead atoms. The van der Waals surface area contributed by atoms with E-state index >= 15 is 0 Å². The SMILES string of the molecule is CN(Cc1ccccc1)c1cc(C(=O)NCC2CCCO2)ncn1. The van der Waals surface area contributed by atoms with Crippen LogP contribution < -0.4 is 10.2 Å². The zero-order valence-corrected chi connectivity index (χ0v) is 13.8. The van der Waals surface area contributed by atoms with Crippen LogP contribution in [0.2, 0.25) is 0 Å². The first kappa shape index (κ1) is 16.4. The van der Waals surface area contributed by atoms with Crippen molar-refractivity contribution >= 4 is 11.7 Å². The zero-order valence-electron chi connectivity index (χ0n) is 13.8. The summed E-state index contributed by atoms with van der Waals surface area (Å²) in [7, 11) is 1.95. The highest BCUT2D eigenvalue weighted by molar-refractivity contribution is 5.92. The third kappa shape index (κ3) is 4.29. The van der Waals surface area contributed by atoms with E-state index < -0.39 is 0 Å². The van der Waals surface area contributed by atoms with Crippen LogP contribution in [0.1, 0.15) is 28.9 Å². The summed E-state index contributed by atoms with van der Waals surface area (Å²) in [6, 6.07) is 11.8. The van der Waals surface area contributed by atoms with Crippen LogP contribution in [-0.4, -0.2) is 42.2 Å². The first-order valence-electron chi connectivity index (χ1n) is 8.19. The molecule has 1 fully saturated rings. The lowest BCUT2D eigenvalue weighted by Gasteiger charge is -2.18. The quantitative estimate of drug-likeness (QED) is 0.880. The van der Waals surface area contributed by atoms with Crippen LogP contribution in [0.25, 0.3) is 0 Å². The summed E-state index contributed by atoms with van der Waals surface area (Å²) in [4.78, 5) is 22.6. The summed E-state index contributed by atoms with van der Waals surface area (Å²) >= 11 is 0. The van der Waals surface area contributed by atoms with Crippen LogP contribution in [-0.2, 0) is 11.3 Å². The lowest BCUT2D eigenvalue weighted by atomic mass is 10.2. The third-order valence-corrected chi connectivity index (χ3v) is 4.05. The van der Waals surface area contributed by atoms with Crippen molar-refractivity contribution in [1.82, 2.24) is 15.3 Å². The number of rotatable bonds is 6. The molecule has 6 nitrogen and oxygen atoms in total. The van der Waals surface area contributed by atoms with Crippen molar-refractivity contribution in [2.24, 2.45) is 0 Å². The number of amides is 1. The third-order valence-electron chi connectivity index (χ3n) is 4.05. The van der Waals surface area contributed by atoms with E-state index in [0.29, 0.717) is 12.2 Å². The summed E-state index contributed by atoms with van der Waals surface area (Å²) in [5.74, 6) is 0.526. The highest BCUT2D eigenvalue weighted by Crippen LogP contribution is 2.14. The standard InChI is InChI=1S/C18H22N4O2/c1-22(12-14-6-3-2-4-7-14)17-10-16(20-13-21-17)18(23)19-11-15-8-5-9-24-15/h2-4,6-7,10,13,15H,5,8-9,11-12H2,1H3,(H,19,23). The largest absolute Gasteiger partial charge is 0.376 e. The van der Waals surface area contributed by atoms with E-state index in [2.05, 4.69) is 27.4 Å². The highest BCUT2D eigenvalue weighted by Gasteiger charge is 2.17. The van der Waals surface area contributed by atoms with Gasteiger partial charge < -0.3 is 15.0 Å². The number of nitrogens with one attached hydrogen (secondary N) is 1. The lowest BCUT2D eigenvalue weighted by Crippen LogP contribution is -2.32. The van der Waals surface area contributed by atoms with Crippen molar-refractivity contribution in [2.75, 3.05) is 25.1 Å². The second-order valence-electron chi connectivity index (χ2n) is 5.95. The first-order valence-corrected chi connectivity index (χ1v) is 8.19. The van der Waals surface area contributed by atoms with Gasteiger partial charge in [-0.1, -0.05) is 30.3 Å². The molecule has 1 aromatic carbocycles. The van der Waals surface area contributed by atoms with Crippen LogP contribution in [0.4, 0.5) is 5.82 Å². The molecule has 1 aliphatic heterocycles. The van der Waals surface area contributed by atoms with Crippen LogP contribution in [0, 0.1) is 0 Å². The smallest absolute Gasteiger partial charge is 0.270 e. The van der Waals surface area contributed by atoms with Gasteiger partial charge in [-0.05, 0) is 18.4 Å². The number of benzene rings is 1. The van der Waals surface area contributed by atoms with Gasteiger partial charge in [-0.15, -0.1) is 0 Å². The molecule has 0 aliphatic carbocycles. The fourth-order valence-corrected chi connectivity index (χ4v) is 2.72. The topological polar surface area (TPSA) is 67.4 Å². The maximum absolute atomic E-state index is 12.3. The second-order valence-corrected chi connectivity index (χ2v) is 5.95. The van der Waals surface area contributed by atoms with Crippen molar-refractivity contribution in [1.29, 1.82) is 0 Å². The monoisotopic (exact) mass is 326 g/mol. The Bertz CT molecular complexity index is 672. The molecule has 1 unspecified atom stereocenters. The minimum atomic E-state index is -0.192. The molecular formula is C18H22N4O2. The Labute approximate surface area is 141 Å². The molecule has 126 valence electrons. The number of aromatic nitrogens is 2. The van der Waals surface area contributed by atoms with Gasteiger partial charge in [-0.2, -0.15) is 0 Å². The summed E-state index contributed by atoms with van der Waals surface area (Å²) in [5.41, 5.74) is 1.56. The van der Waals surface area contributed by atoms with Crippen molar-refractivity contribution in [3.05, 3.63) is 54.0 Å². The van der Waals surface area contributed by atoms with E-state index in [-0.39, 0.29) is 12.0 Å². The normalized spacial score (nSPS) is 16.8. The van der Waals surface area contributed by atoms with Crippen molar-refractivity contribution in [2.45, 2.75) is 25.5 Å². The van der Waals surface area contributed by atoms with E-state index in [4.69, 9.17) is 4.74 Å². The molecule has 0 saturated carbocycles. The van der Waals surface area contributed by atoms with Gasteiger partial charge >= 0.3 is 0 Å². The summed E-state index contributed by atoms with van der Waals surface area (Å²) in [6.45, 7) is 2.02. The number of hydrogen-bond donors (Lipinski definition) is 1. The van der Waals surface area contributed by atoms with Crippen molar-refractivity contribution in [3.63, 3.8) is 0 Å². The average Bonchev–Trinajstić information content (AvgIpc) is 3.14. The number of anilines is 1. The lowest BCUT2D eigenvalue weighted by molar-refractivity contribution is 0.0853. The number of ether oxygens (including phenoxy) is 1. The molecule has 2 heterocycles. The molecule has 1 aliphatic rings. The predicted octanol–water partition coefficient (Wildman–Crippen LogP) is 2.02. The zero-order chi connectivity index (χ0) is 16.8. The molecular weight excluding hydrogens is 304 g/mol. The molecule has 2 aromatic rings. The fourth-order valence-electron chi connectivity index (χ4n) is 2.72. The van der Waals surface area contributed by atoms with Gasteiger partial charge in [0.25, 0.3) is 5.91 Å². The van der Waals surface area contributed by atoms with Crippen LogP contribution in [0.5, 0.6) is 0 Å². The first-order chi connectivity index (χ1) is 11.7. The maximum Gasteiger partial charge on any atom is 0.270 e. The number of nitrogens with zero attached hydrogens (tertiary/aromatic N) is 3. The Morgan fingerprint density at radius 2 is 2.17 bits per heavy atom. The van der Waals surface area contributed by atoms with E-state index in [9.17, 15) is 4.79 Å². The Morgan fingerprint density at radius 3 is 2.92 bits per heavy atom. The van der Waals surface area contributed by atoms with Crippen molar-refractivity contribution in [3.8, 4) is 0 Å². The fraction of sp³-hybridized carbons (Fsp3) is 0.389. The number of hydrogen-bond acceptors (Lipinski definition) is 5. The molecule has 1 N–H and O–H groups in total. The summed E-state index contributed by atoms with van der Waals surface area (Å²) < 4.78 is 5.51. The van der Waals surface area contributed by atoms with Gasteiger partial charge in [0.05, 0.1) is 6.10 Å². The highest BCUT2D eigenvalue weighted by atomic mass is 16.5. The molecule has 0 radical (unpaired) electrons. The second kappa shape index (κ2) is 7.88. The van der Waals surface area contributed by atoms with Gasteiger partial charge in [0, 0.05) is 32.8 Å². The molecule has 1 amide bonds. The molecule has 0 spiro atoms. The van der Waals surface area contributed by atoms with E-state index in [0.717, 1.165) is 31.8 Å².